The maximum Gasteiger partial charge on any atom is 0.163 e. The Kier molecular flexibility index (Phi) is 6.95. The predicted octanol–water partition coefficient (Wildman–Crippen LogP) is 3.68. The Balaban J connectivity index is 2.47. The van der Waals surface area contributed by atoms with Crippen molar-refractivity contribution in [3.05, 3.63) is 35.4 Å². The van der Waals surface area contributed by atoms with Crippen LogP contribution in [0.25, 0.3) is 0 Å². The highest BCUT2D eigenvalue weighted by molar-refractivity contribution is 5.22. The standard InChI is InChI=1S/C15H23F2NO/c1-11(2)6-5-9-19-10-14(18-3)12-7-4-8-13(16)15(12)17/h4,7-8,11,14,18H,5-6,9-10H2,1-3H3. The highest BCUT2D eigenvalue weighted by Crippen LogP contribution is 2.19. The van der Waals surface area contributed by atoms with Crippen molar-refractivity contribution in [3.8, 4) is 0 Å². The molecule has 0 aromatic heterocycles. The minimum atomic E-state index is -0.822. The highest BCUT2D eigenvalue weighted by Gasteiger charge is 2.16. The van der Waals surface area contributed by atoms with Crippen LogP contribution in [0.5, 0.6) is 0 Å². The lowest BCUT2D eigenvalue weighted by Gasteiger charge is -2.18. The van der Waals surface area contributed by atoms with E-state index < -0.39 is 11.6 Å². The molecule has 0 spiro atoms. The van der Waals surface area contributed by atoms with Gasteiger partial charge in [0.15, 0.2) is 11.6 Å². The molecule has 108 valence electrons. The number of ether oxygens (including phenoxy) is 1. The molecule has 1 aromatic rings. The Labute approximate surface area is 114 Å². The van der Waals surface area contributed by atoms with Gasteiger partial charge >= 0.3 is 0 Å². The number of hydrogen-bond acceptors (Lipinski definition) is 2. The molecule has 2 nitrogen and oxygen atoms in total. The van der Waals surface area contributed by atoms with Crippen LogP contribution < -0.4 is 5.32 Å². The third-order valence-corrected chi connectivity index (χ3v) is 3.06. The lowest BCUT2D eigenvalue weighted by Crippen LogP contribution is -2.23. The van der Waals surface area contributed by atoms with Crippen molar-refractivity contribution in [1.82, 2.24) is 5.32 Å². The zero-order valence-corrected chi connectivity index (χ0v) is 11.9. The molecule has 1 aromatic carbocycles. The molecule has 0 bridgehead atoms. The molecule has 0 amide bonds. The summed E-state index contributed by atoms with van der Waals surface area (Å²) in [4.78, 5) is 0. The van der Waals surface area contributed by atoms with Gasteiger partial charge in [-0.3, -0.25) is 0 Å². The molecule has 0 aliphatic carbocycles. The van der Waals surface area contributed by atoms with Crippen molar-refractivity contribution in [1.29, 1.82) is 0 Å². The normalized spacial score (nSPS) is 12.9. The largest absolute Gasteiger partial charge is 0.379 e. The number of hydrogen-bond donors (Lipinski definition) is 1. The average molecular weight is 271 g/mol. The third-order valence-electron chi connectivity index (χ3n) is 3.06. The van der Waals surface area contributed by atoms with Gasteiger partial charge in [0, 0.05) is 12.2 Å². The fourth-order valence-corrected chi connectivity index (χ4v) is 1.91. The van der Waals surface area contributed by atoms with Crippen LogP contribution in [0.15, 0.2) is 18.2 Å². The van der Waals surface area contributed by atoms with E-state index >= 15 is 0 Å². The summed E-state index contributed by atoms with van der Waals surface area (Å²) >= 11 is 0. The van der Waals surface area contributed by atoms with Gasteiger partial charge in [-0.2, -0.15) is 0 Å². The first kappa shape index (κ1) is 16.1. The topological polar surface area (TPSA) is 21.3 Å². The van der Waals surface area contributed by atoms with Gasteiger partial charge in [-0.15, -0.1) is 0 Å². The van der Waals surface area contributed by atoms with Crippen LogP contribution in [-0.4, -0.2) is 20.3 Å². The first-order chi connectivity index (χ1) is 9.06. The molecule has 19 heavy (non-hydrogen) atoms. The van der Waals surface area contributed by atoms with Gasteiger partial charge in [0.05, 0.1) is 12.6 Å². The van der Waals surface area contributed by atoms with Gasteiger partial charge < -0.3 is 10.1 Å². The van der Waals surface area contributed by atoms with E-state index in [-0.39, 0.29) is 6.04 Å². The molecule has 0 fully saturated rings. The monoisotopic (exact) mass is 271 g/mol. The van der Waals surface area contributed by atoms with Crippen molar-refractivity contribution in [2.45, 2.75) is 32.7 Å². The van der Waals surface area contributed by atoms with Crippen LogP contribution >= 0.6 is 0 Å². The second-order valence-electron chi connectivity index (χ2n) is 5.10. The van der Waals surface area contributed by atoms with Crippen molar-refractivity contribution in [2.75, 3.05) is 20.3 Å². The van der Waals surface area contributed by atoms with Crippen LogP contribution in [-0.2, 0) is 4.74 Å². The lowest BCUT2D eigenvalue weighted by molar-refractivity contribution is 0.107. The molecule has 0 saturated carbocycles. The molecule has 0 aliphatic rings. The van der Waals surface area contributed by atoms with Gasteiger partial charge in [-0.25, -0.2) is 8.78 Å². The summed E-state index contributed by atoms with van der Waals surface area (Å²) in [6, 6.07) is 3.89. The number of halogens is 2. The summed E-state index contributed by atoms with van der Waals surface area (Å²) in [6.45, 7) is 5.32. The Bertz CT molecular complexity index is 382. The van der Waals surface area contributed by atoms with Gasteiger partial charge in [0.25, 0.3) is 0 Å². The van der Waals surface area contributed by atoms with E-state index in [0.717, 1.165) is 18.9 Å². The quantitative estimate of drug-likeness (QED) is 0.728. The minimum Gasteiger partial charge on any atom is -0.379 e. The van der Waals surface area contributed by atoms with Crippen LogP contribution in [0, 0.1) is 17.6 Å². The van der Waals surface area contributed by atoms with E-state index in [1.807, 2.05) is 0 Å². The summed E-state index contributed by atoms with van der Waals surface area (Å²) in [7, 11) is 1.71. The Morgan fingerprint density at radius 3 is 2.63 bits per heavy atom. The van der Waals surface area contributed by atoms with Crippen molar-refractivity contribution in [3.63, 3.8) is 0 Å². The second-order valence-corrected chi connectivity index (χ2v) is 5.10. The second kappa shape index (κ2) is 8.23. The lowest BCUT2D eigenvalue weighted by atomic mass is 10.1. The number of rotatable bonds is 8. The first-order valence-electron chi connectivity index (χ1n) is 6.75. The Morgan fingerprint density at radius 2 is 2.00 bits per heavy atom. The number of benzene rings is 1. The summed E-state index contributed by atoms with van der Waals surface area (Å²) in [5, 5.41) is 2.95. The number of likely N-dealkylation sites (N-methyl/N-ethyl adjacent to an activating group) is 1. The van der Waals surface area contributed by atoms with Crippen molar-refractivity contribution < 1.29 is 13.5 Å². The van der Waals surface area contributed by atoms with E-state index in [4.69, 9.17) is 4.74 Å². The molecule has 1 rings (SSSR count). The summed E-state index contributed by atoms with van der Waals surface area (Å²) in [6.07, 6.45) is 2.10. The molecule has 0 saturated heterocycles. The van der Waals surface area contributed by atoms with Gasteiger partial charge in [-0.1, -0.05) is 26.0 Å². The Morgan fingerprint density at radius 1 is 1.26 bits per heavy atom. The number of nitrogens with one attached hydrogen (secondary N) is 1. The molecule has 0 radical (unpaired) electrons. The first-order valence-corrected chi connectivity index (χ1v) is 6.75. The van der Waals surface area contributed by atoms with E-state index in [0.29, 0.717) is 24.7 Å². The zero-order chi connectivity index (χ0) is 14.3. The molecule has 1 unspecified atom stereocenters. The predicted molar refractivity (Wildman–Crippen MR) is 73.0 cm³/mol. The maximum absolute atomic E-state index is 13.6. The van der Waals surface area contributed by atoms with Crippen LogP contribution in [0.4, 0.5) is 8.78 Å². The van der Waals surface area contributed by atoms with E-state index in [2.05, 4.69) is 19.2 Å². The van der Waals surface area contributed by atoms with Gasteiger partial charge in [0.1, 0.15) is 0 Å². The smallest absolute Gasteiger partial charge is 0.163 e. The van der Waals surface area contributed by atoms with Gasteiger partial charge in [0.2, 0.25) is 0 Å². The van der Waals surface area contributed by atoms with E-state index in [9.17, 15) is 8.78 Å². The fraction of sp³-hybridized carbons (Fsp3) is 0.600. The van der Waals surface area contributed by atoms with Gasteiger partial charge in [-0.05, 0) is 31.9 Å². The van der Waals surface area contributed by atoms with Crippen LogP contribution in [0.1, 0.15) is 38.3 Å². The fourth-order valence-electron chi connectivity index (χ4n) is 1.91. The molecule has 0 heterocycles. The molecular weight excluding hydrogens is 248 g/mol. The van der Waals surface area contributed by atoms with Crippen molar-refractivity contribution >= 4 is 0 Å². The molecule has 1 N–H and O–H groups in total. The maximum atomic E-state index is 13.6. The SMILES string of the molecule is CNC(COCCCC(C)C)c1cccc(F)c1F. The molecular formula is C15H23F2NO. The third kappa shape index (κ3) is 5.25. The highest BCUT2D eigenvalue weighted by atomic mass is 19.2. The van der Waals surface area contributed by atoms with Crippen molar-refractivity contribution in [2.24, 2.45) is 5.92 Å². The summed E-state index contributed by atoms with van der Waals surface area (Å²) < 4.78 is 32.3. The van der Waals surface area contributed by atoms with E-state index in [1.54, 1.807) is 13.1 Å². The minimum absolute atomic E-state index is 0.311. The molecule has 1 atom stereocenters. The van der Waals surface area contributed by atoms with E-state index in [1.165, 1.54) is 6.07 Å². The van der Waals surface area contributed by atoms with Crippen LogP contribution in [0.2, 0.25) is 0 Å². The summed E-state index contributed by atoms with van der Waals surface area (Å²) in [5.41, 5.74) is 0.311. The molecule has 0 aliphatic heterocycles. The van der Waals surface area contributed by atoms with Crippen LogP contribution in [0.3, 0.4) is 0 Å². The summed E-state index contributed by atoms with van der Waals surface area (Å²) in [5.74, 6) is -0.963. The Hall–Kier alpha value is -1.00. The average Bonchev–Trinajstić information content (AvgIpc) is 2.37. The zero-order valence-electron chi connectivity index (χ0n) is 11.9. The molecule has 4 heteroatoms.